The van der Waals surface area contributed by atoms with E-state index in [0.29, 0.717) is 27.8 Å². The van der Waals surface area contributed by atoms with Gasteiger partial charge in [0.2, 0.25) is 0 Å². The van der Waals surface area contributed by atoms with Crippen molar-refractivity contribution in [2.75, 3.05) is 0 Å². The van der Waals surface area contributed by atoms with Crippen LogP contribution >= 0.6 is 11.6 Å². The van der Waals surface area contributed by atoms with Gasteiger partial charge in [-0.3, -0.25) is 4.57 Å². The molecule has 0 spiro atoms. The lowest BCUT2D eigenvalue weighted by Crippen LogP contribution is -2.60. The summed E-state index contributed by atoms with van der Waals surface area (Å²) in [5.74, 6) is -1.57. The van der Waals surface area contributed by atoms with Crippen LogP contribution in [0.1, 0.15) is 28.9 Å². The summed E-state index contributed by atoms with van der Waals surface area (Å²) in [5.41, 5.74) is 1.76. The van der Waals surface area contributed by atoms with Gasteiger partial charge < -0.3 is 29.9 Å². The number of carboxylic acid groups (broad SMARTS) is 1. The average molecular weight is 518 g/mol. The number of imidazole rings is 1. The Morgan fingerprint density at radius 3 is 2.58 bits per heavy atom. The Bertz CT molecular complexity index is 1360. The molecule has 2 aliphatic rings. The second kappa shape index (κ2) is 9.36. The third kappa shape index (κ3) is 4.09. The highest BCUT2D eigenvalue weighted by Crippen LogP contribution is 2.36. The van der Waals surface area contributed by atoms with Crippen molar-refractivity contribution in [2.45, 2.75) is 43.9 Å². The molecule has 0 radical (unpaired) electrons. The van der Waals surface area contributed by atoms with Crippen molar-refractivity contribution in [1.82, 2.24) is 9.55 Å². The van der Waals surface area contributed by atoms with E-state index in [-0.39, 0.29) is 11.3 Å². The normalized spacial score (nSPS) is 27.6. The quantitative estimate of drug-likeness (QED) is 0.409. The number of aliphatic hydroxyl groups is 3. The lowest BCUT2D eigenvalue weighted by Gasteiger charge is -2.39. The SMILES string of the molecule is Cc1ncc2n1-c1ccc(Cl)cc1C(c1ccccc1F)=N[C@@H]2O[C@@H]1O[C@H](C(=O)O)[C@@H](O)[C@H](O)[C@H]1O. The van der Waals surface area contributed by atoms with Crippen LogP contribution in [0, 0.1) is 12.7 Å². The van der Waals surface area contributed by atoms with Crippen molar-refractivity contribution < 1.29 is 39.1 Å². The van der Waals surface area contributed by atoms with E-state index in [1.165, 1.54) is 24.4 Å². The van der Waals surface area contributed by atoms with Crippen LogP contribution < -0.4 is 0 Å². The Morgan fingerprint density at radius 1 is 1.11 bits per heavy atom. The molecule has 0 aliphatic carbocycles. The van der Waals surface area contributed by atoms with Crippen LogP contribution in [0.4, 0.5) is 4.39 Å². The summed E-state index contributed by atoms with van der Waals surface area (Å²) in [7, 11) is 0. The molecular weight excluding hydrogens is 497 g/mol. The van der Waals surface area contributed by atoms with Crippen LogP contribution in [0.15, 0.2) is 53.7 Å². The molecule has 3 heterocycles. The topological polar surface area (TPSA) is 147 Å². The van der Waals surface area contributed by atoms with E-state index in [2.05, 4.69) is 9.98 Å². The van der Waals surface area contributed by atoms with Crippen molar-refractivity contribution >= 4 is 23.3 Å². The van der Waals surface area contributed by atoms with Gasteiger partial charge in [0.1, 0.15) is 30.0 Å². The van der Waals surface area contributed by atoms with Gasteiger partial charge in [-0.25, -0.2) is 19.2 Å². The van der Waals surface area contributed by atoms with Crippen LogP contribution in [0.5, 0.6) is 0 Å². The monoisotopic (exact) mass is 517 g/mol. The first kappa shape index (κ1) is 24.5. The third-order valence-electron chi connectivity index (χ3n) is 6.12. The minimum Gasteiger partial charge on any atom is -0.479 e. The second-order valence-corrected chi connectivity index (χ2v) is 8.84. The van der Waals surface area contributed by atoms with Gasteiger partial charge in [0.05, 0.1) is 23.3 Å². The summed E-state index contributed by atoms with van der Waals surface area (Å²) in [6, 6.07) is 11.0. The number of carboxylic acids is 1. The number of carbonyl (C=O) groups is 1. The highest BCUT2D eigenvalue weighted by molar-refractivity contribution is 6.31. The fraction of sp³-hybridized carbons (Fsp3) is 0.292. The standard InChI is InChI=1S/C24H21ClFN3O7/c1-10-27-9-16-22(36-24-20(32)18(30)19(31)21(35-24)23(33)34)28-17(12-4-2-3-5-14(12)26)13-8-11(25)6-7-15(13)29(10)16/h2-9,18-22,24,30-32H,1H3,(H,33,34)/t18-,19-,20+,21-,22+,24-/m0/s1. The summed E-state index contributed by atoms with van der Waals surface area (Å²) in [4.78, 5) is 20.5. The highest BCUT2D eigenvalue weighted by Gasteiger charge is 2.48. The van der Waals surface area contributed by atoms with E-state index in [4.69, 9.17) is 21.1 Å². The number of aliphatic hydroxyl groups excluding tert-OH is 3. The summed E-state index contributed by atoms with van der Waals surface area (Å²) >= 11 is 6.28. The molecule has 5 rings (SSSR count). The summed E-state index contributed by atoms with van der Waals surface area (Å²) in [6.07, 6.45) is -8.94. The van der Waals surface area contributed by atoms with Gasteiger partial charge in [0.15, 0.2) is 18.6 Å². The molecule has 0 amide bonds. The minimum atomic E-state index is -1.89. The van der Waals surface area contributed by atoms with Crippen LogP contribution in [-0.2, 0) is 14.3 Å². The minimum absolute atomic E-state index is 0.148. The molecule has 12 heteroatoms. The number of halogens is 2. The lowest BCUT2D eigenvalue weighted by molar-refractivity contribution is -0.305. The molecule has 0 bridgehead atoms. The van der Waals surface area contributed by atoms with Gasteiger partial charge in [-0.1, -0.05) is 23.7 Å². The zero-order valence-electron chi connectivity index (χ0n) is 18.7. The number of ether oxygens (including phenoxy) is 2. The molecule has 3 aromatic rings. The van der Waals surface area contributed by atoms with E-state index in [0.717, 1.165) is 0 Å². The van der Waals surface area contributed by atoms with Gasteiger partial charge >= 0.3 is 5.97 Å². The number of nitrogens with zero attached hydrogens (tertiary/aromatic N) is 3. The summed E-state index contributed by atoms with van der Waals surface area (Å²) in [5, 5.41) is 40.5. The largest absolute Gasteiger partial charge is 0.479 e. The maximum atomic E-state index is 15.0. The van der Waals surface area contributed by atoms with E-state index < -0.39 is 48.7 Å². The first-order valence-electron chi connectivity index (χ1n) is 10.9. The van der Waals surface area contributed by atoms with Crippen LogP contribution in [-0.4, -0.2) is 72.4 Å². The van der Waals surface area contributed by atoms with Crippen molar-refractivity contribution in [3.8, 4) is 5.69 Å². The van der Waals surface area contributed by atoms with Crippen LogP contribution in [0.25, 0.3) is 5.69 Å². The van der Waals surface area contributed by atoms with Gasteiger partial charge in [-0.15, -0.1) is 0 Å². The van der Waals surface area contributed by atoms with Gasteiger partial charge in [-0.2, -0.15) is 0 Å². The predicted molar refractivity (Wildman–Crippen MR) is 123 cm³/mol. The third-order valence-corrected chi connectivity index (χ3v) is 6.36. The van der Waals surface area contributed by atoms with E-state index in [9.17, 15) is 29.6 Å². The second-order valence-electron chi connectivity index (χ2n) is 8.41. The van der Waals surface area contributed by atoms with E-state index in [1.807, 2.05) is 0 Å². The number of aromatic nitrogens is 2. The molecule has 6 atom stereocenters. The average Bonchev–Trinajstić information content (AvgIpc) is 3.17. The Morgan fingerprint density at radius 2 is 1.86 bits per heavy atom. The molecule has 1 aromatic heterocycles. The maximum Gasteiger partial charge on any atom is 0.335 e. The Labute approximate surface area is 208 Å². The first-order chi connectivity index (χ1) is 17.2. The number of benzene rings is 2. The Kier molecular flexibility index (Phi) is 6.37. The van der Waals surface area contributed by atoms with Gasteiger partial charge in [0, 0.05) is 16.1 Å². The number of rotatable bonds is 4. The molecule has 1 saturated heterocycles. The maximum absolute atomic E-state index is 15.0. The number of aliphatic carboxylic acids is 1. The van der Waals surface area contributed by atoms with Crippen LogP contribution in [0.2, 0.25) is 5.02 Å². The fourth-order valence-electron chi connectivity index (χ4n) is 4.35. The smallest absolute Gasteiger partial charge is 0.335 e. The lowest BCUT2D eigenvalue weighted by atomic mass is 9.99. The van der Waals surface area contributed by atoms with Crippen molar-refractivity contribution in [2.24, 2.45) is 4.99 Å². The fourth-order valence-corrected chi connectivity index (χ4v) is 4.53. The summed E-state index contributed by atoms with van der Waals surface area (Å²) in [6.45, 7) is 1.74. The number of hydrogen-bond donors (Lipinski definition) is 4. The molecule has 10 nitrogen and oxygen atoms in total. The molecule has 4 N–H and O–H groups in total. The number of aryl methyl sites for hydroxylation is 1. The van der Waals surface area contributed by atoms with Gasteiger partial charge in [0.25, 0.3) is 0 Å². The Hall–Kier alpha value is -3.19. The number of aliphatic imine (C=N–C) groups is 1. The highest BCUT2D eigenvalue weighted by atomic mass is 35.5. The molecule has 36 heavy (non-hydrogen) atoms. The molecule has 2 aromatic carbocycles. The van der Waals surface area contributed by atoms with Crippen molar-refractivity contribution in [3.05, 3.63) is 82.1 Å². The number of hydrogen-bond acceptors (Lipinski definition) is 8. The van der Waals surface area contributed by atoms with Crippen molar-refractivity contribution in [3.63, 3.8) is 0 Å². The first-order valence-corrected chi connectivity index (χ1v) is 11.3. The molecule has 188 valence electrons. The molecule has 0 saturated carbocycles. The zero-order valence-corrected chi connectivity index (χ0v) is 19.5. The number of fused-ring (bicyclic) bond motifs is 3. The molecular formula is C24H21ClFN3O7. The van der Waals surface area contributed by atoms with Crippen molar-refractivity contribution in [1.29, 1.82) is 0 Å². The molecule has 1 fully saturated rings. The molecule has 2 aliphatic heterocycles. The summed E-state index contributed by atoms with van der Waals surface area (Å²) < 4.78 is 27.9. The Balaban J connectivity index is 1.66. The van der Waals surface area contributed by atoms with Gasteiger partial charge in [-0.05, 0) is 37.3 Å². The van der Waals surface area contributed by atoms with Crippen LogP contribution in [0.3, 0.4) is 0 Å². The van der Waals surface area contributed by atoms with E-state index >= 15 is 0 Å². The predicted octanol–water partition coefficient (Wildman–Crippen LogP) is 1.73. The molecule has 0 unspecified atom stereocenters. The zero-order chi connectivity index (χ0) is 25.7. The van der Waals surface area contributed by atoms with E-state index in [1.54, 1.807) is 35.8 Å².